The second-order valence-corrected chi connectivity index (χ2v) is 5.61. The third kappa shape index (κ3) is 3.55. The van der Waals surface area contributed by atoms with Crippen LogP contribution in [-0.2, 0) is 0 Å². The zero-order chi connectivity index (χ0) is 15.4. The number of fused-ring (bicyclic) bond motifs is 1. The summed E-state index contributed by atoms with van der Waals surface area (Å²) in [6.45, 7) is 4.50. The Hall–Kier alpha value is -1.69. The number of nitrogens with zero attached hydrogens (tertiary/aromatic N) is 1. The minimum absolute atomic E-state index is 0.164. The molecule has 0 radical (unpaired) electrons. The van der Waals surface area contributed by atoms with E-state index in [1.54, 1.807) is 12.1 Å². The van der Waals surface area contributed by atoms with Crippen molar-refractivity contribution in [3.63, 3.8) is 0 Å². The fourth-order valence-corrected chi connectivity index (χ4v) is 2.81. The molecule has 2 N–H and O–H groups in total. The van der Waals surface area contributed by atoms with Gasteiger partial charge in [-0.05, 0) is 17.5 Å². The summed E-state index contributed by atoms with van der Waals surface area (Å²) in [4.78, 5) is 2.20. The van der Waals surface area contributed by atoms with Crippen molar-refractivity contribution in [1.29, 1.82) is 0 Å². The van der Waals surface area contributed by atoms with Crippen molar-refractivity contribution in [2.45, 2.75) is 6.10 Å². The number of ether oxygens (including phenoxy) is 1. The van der Waals surface area contributed by atoms with Gasteiger partial charge in [0.05, 0.1) is 5.39 Å². The van der Waals surface area contributed by atoms with E-state index < -0.39 is 6.10 Å². The van der Waals surface area contributed by atoms with E-state index in [1.807, 2.05) is 18.2 Å². The number of hydrogen-bond donors (Lipinski definition) is 2. The predicted molar refractivity (Wildman–Crippen MR) is 84.7 cm³/mol. The second-order valence-electron chi connectivity index (χ2n) is 5.61. The first-order valence-electron chi connectivity index (χ1n) is 7.65. The lowest BCUT2D eigenvalue weighted by atomic mass is 10.1. The Morgan fingerprint density at radius 2 is 1.91 bits per heavy atom. The monoisotopic (exact) mass is 304 g/mol. The van der Waals surface area contributed by atoms with E-state index in [1.165, 1.54) is 6.07 Å². The van der Waals surface area contributed by atoms with Crippen LogP contribution in [0.15, 0.2) is 36.4 Å². The topological polar surface area (TPSA) is 44.7 Å². The van der Waals surface area contributed by atoms with E-state index in [0.29, 0.717) is 17.7 Å². The van der Waals surface area contributed by atoms with Gasteiger partial charge in [-0.3, -0.25) is 4.90 Å². The Labute approximate surface area is 129 Å². The third-order valence-electron chi connectivity index (χ3n) is 3.93. The molecule has 118 valence electrons. The molecule has 1 fully saturated rings. The van der Waals surface area contributed by atoms with E-state index in [-0.39, 0.29) is 12.4 Å². The Morgan fingerprint density at radius 1 is 1.18 bits per heavy atom. The van der Waals surface area contributed by atoms with Crippen LogP contribution in [0.2, 0.25) is 0 Å². The fraction of sp³-hybridized carbons (Fsp3) is 0.412. The van der Waals surface area contributed by atoms with Gasteiger partial charge in [0.1, 0.15) is 24.3 Å². The molecule has 1 saturated heterocycles. The highest BCUT2D eigenvalue weighted by molar-refractivity contribution is 5.88. The van der Waals surface area contributed by atoms with Crippen LogP contribution in [0, 0.1) is 5.82 Å². The van der Waals surface area contributed by atoms with Crippen molar-refractivity contribution >= 4 is 10.8 Å². The fourth-order valence-electron chi connectivity index (χ4n) is 2.81. The molecule has 1 heterocycles. The maximum atomic E-state index is 14.0. The van der Waals surface area contributed by atoms with Gasteiger partial charge in [-0.2, -0.15) is 0 Å². The van der Waals surface area contributed by atoms with E-state index in [9.17, 15) is 9.50 Å². The molecule has 0 bridgehead atoms. The molecule has 0 aromatic heterocycles. The average Bonchev–Trinajstić information content (AvgIpc) is 2.54. The molecule has 1 aliphatic heterocycles. The van der Waals surface area contributed by atoms with Gasteiger partial charge in [-0.15, -0.1) is 0 Å². The zero-order valence-corrected chi connectivity index (χ0v) is 12.5. The van der Waals surface area contributed by atoms with Gasteiger partial charge < -0.3 is 15.2 Å². The number of aliphatic hydroxyl groups excluding tert-OH is 1. The summed E-state index contributed by atoms with van der Waals surface area (Å²) in [5.41, 5.74) is 0. The van der Waals surface area contributed by atoms with Crippen molar-refractivity contribution in [2.75, 3.05) is 39.3 Å². The molecule has 0 amide bonds. The lowest BCUT2D eigenvalue weighted by Crippen LogP contribution is -2.47. The molecule has 2 aromatic rings. The molecule has 4 nitrogen and oxygen atoms in total. The Kier molecular flexibility index (Phi) is 4.87. The van der Waals surface area contributed by atoms with Gasteiger partial charge in [-0.25, -0.2) is 4.39 Å². The minimum Gasteiger partial charge on any atom is -0.490 e. The summed E-state index contributed by atoms with van der Waals surface area (Å²) in [5.74, 6) is 0.180. The van der Waals surface area contributed by atoms with Crippen LogP contribution in [0.4, 0.5) is 4.39 Å². The van der Waals surface area contributed by atoms with Crippen LogP contribution in [0.1, 0.15) is 0 Å². The van der Waals surface area contributed by atoms with Crippen LogP contribution in [0.5, 0.6) is 5.75 Å². The SMILES string of the molecule is OC(COc1cccc2cccc(F)c12)CN1CCNCC1. The third-order valence-corrected chi connectivity index (χ3v) is 3.93. The van der Waals surface area contributed by atoms with Crippen LogP contribution in [0.25, 0.3) is 10.8 Å². The maximum absolute atomic E-state index is 14.0. The van der Waals surface area contributed by atoms with E-state index in [0.717, 1.165) is 31.6 Å². The summed E-state index contributed by atoms with van der Waals surface area (Å²) in [6, 6.07) is 10.4. The second kappa shape index (κ2) is 7.05. The molecule has 0 saturated carbocycles. The first kappa shape index (κ1) is 15.2. The molecular formula is C17H21FN2O2. The first-order chi connectivity index (χ1) is 10.7. The number of nitrogens with one attached hydrogen (secondary N) is 1. The summed E-state index contributed by atoms with van der Waals surface area (Å²) in [7, 11) is 0. The molecular weight excluding hydrogens is 283 g/mol. The summed E-state index contributed by atoms with van der Waals surface area (Å²) < 4.78 is 19.7. The lowest BCUT2D eigenvalue weighted by molar-refractivity contribution is 0.0646. The zero-order valence-electron chi connectivity index (χ0n) is 12.5. The van der Waals surface area contributed by atoms with Crippen molar-refractivity contribution in [3.05, 3.63) is 42.2 Å². The van der Waals surface area contributed by atoms with E-state index in [2.05, 4.69) is 10.2 Å². The highest BCUT2D eigenvalue weighted by Gasteiger charge is 2.15. The van der Waals surface area contributed by atoms with Gasteiger partial charge in [0, 0.05) is 32.7 Å². The molecule has 0 spiro atoms. The lowest BCUT2D eigenvalue weighted by Gasteiger charge is -2.29. The quantitative estimate of drug-likeness (QED) is 0.881. The first-order valence-corrected chi connectivity index (χ1v) is 7.65. The van der Waals surface area contributed by atoms with Crippen molar-refractivity contribution in [1.82, 2.24) is 10.2 Å². The molecule has 1 aliphatic rings. The Morgan fingerprint density at radius 3 is 2.68 bits per heavy atom. The number of halogens is 1. The Balaban J connectivity index is 1.63. The molecule has 3 rings (SSSR count). The predicted octanol–water partition coefficient (Wildman–Crippen LogP) is 1.62. The number of β-amino-alcohol motifs (C(OH)–C–C–N with tert-alkyl or cyclic N) is 1. The van der Waals surface area contributed by atoms with Crippen LogP contribution < -0.4 is 10.1 Å². The van der Waals surface area contributed by atoms with Gasteiger partial charge in [0.25, 0.3) is 0 Å². The summed E-state index contributed by atoms with van der Waals surface area (Å²) in [6.07, 6.45) is -0.583. The number of rotatable bonds is 5. The normalized spacial score (nSPS) is 17.5. The van der Waals surface area contributed by atoms with Crippen molar-refractivity contribution in [2.24, 2.45) is 0 Å². The molecule has 0 aliphatic carbocycles. The van der Waals surface area contributed by atoms with Crippen LogP contribution >= 0.6 is 0 Å². The number of aliphatic hydroxyl groups is 1. The highest BCUT2D eigenvalue weighted by atomic mass is 19.1. The molecule has 5 heteroatoms. The number of hydrogen-bond acceptors (Lipinski definition) is 4. The van der Waals surface area contributed by atoms with Gasteiger partial charge in [-0.1, -0.05) is 24.3 Å². The molecule has 2 aromatic carbocycles. The smallest absolute Gasteiger partial charge is 0.134 e. The summed E-state index contributed by atoms with van der Waals surface area (Å²) >= 11 is 0. The minimum atomic E-state index is -0.583. The van der Waals surface area contributed by atoms with Crippen molar-refractivity contribution < 1.29 is 14.2 Å². The van der Waals surface area contributed by atoms with Gasteiger partial charge >= 0.3 is 0 Å². The summed E-state index contributed by atoms with van der Waals surface area (Å²) in [5, 5.41) is 14.7. The molecule has 22 heavy (non-hydrogen) atoms. The number of piperazine rings is 1. The van der Waals surface area contributed by atoms with Gasteiger partial charge in [0.2, 0.25) is 0 Å². The van der Waals surface area contributed by atoms with Crippen molar-refractivity contribution in [3.8, 4) is 5.75 Å². The van der Waals surface area contributed by atoms with Gasteiger partial charge in [0.15, 0.2) is 0 Å². The standard InChI is InChI=1S/C17H21FN2O2/c18-15-5-1-3-13-4-2-6-16(17(13)15)22-12-14(21)11-20-9-7-19-8-10-20/h1-6,14,19,21H,7-12H2. The molecule has 1 unspecified atom stereocenters. The van der Waals surface area contributed by atoms with Crippen LogP contribution in [-0.4, -0.2) is 55.4 Å². The largest absolute Gasteiger partial charge is 0.490 e. The average molecular weight is 304 g/mol. The maximum Gasteiger partial charge on any atom is 0.134 e. The van der Waals surface area contributed by atoms with E-state index >= 15 is 0 Å². The van der Waals surface area contributed by atoms with E-state index in [4.69, 9.17) is 4.74 Å². The Bertz CT molecular complexity index is 624. The van der Waals surface area contributed by atoms with Crippen LogP contribution in [0.3, 0.4) is 0 Å². The number of benzene rings is 2. The molecule has 1 atom stereocenters. The highest BCUT2D eigenvalue weighted by Crippen LogP contribution is 2.28.